The lowest BCUT2D eigenvalue weighted by Gasteiger charge is -2.17. The molecule has 3 aromatic carbocycles. The number of carbonyl (C=O) groups excluding carboxylic acids is 1. The van der Waals surface area contributed by atoms with Crippen molar-refractivity contribution in [3.63, 3.8) is 0 Å². The number of nitrogens with one attached hydrogen (secondary N) is 1. The van der Waals surface area contributed by atoms with E-state index in [9.17, 15) is 17.6 Å². The molecule has 1 saturated carbocycles. The van der Waals surface area contributed by atoms with Crippen molar-refractivity contribution < 1.29 is 26.9 Å². The molecule has 1 aliphatic rings. The summed E-state index contributed by atoms with van der Waals surface area (Å²) in [7, 11) is -1.87. The second-order valence-corrected chi connectivity index (χ2v) is 12.5. The van der Waals surface area contributed by atoms with Crippen molar-refractivity contribution in [2.75, 3.05) is 18.2 Å². The molecule has 1 heterocycles. The van der Waals surface area contributed by atoms with Gasteiger partial charge in [-0.25, -0.2) is 12.8 Å². The number of methoxy groups -OCH3 is 1. The average Bonchev–Trinajstić information content (AvgIpc) is 3.55. The Bertz CT molecular complexity index is 1680. The summed E-state index contributed by atoms with van der Waals surface area (Å²) in [6.07, 6.45) is 1.35. The standard InChI is InChI=1S/C28H24Cl2FN3O5S/c1-3-40(36,37)19-7-4-16(5-8-19)12-24(35)32-17-13-21(29)25(22(30)14-17)28(10-11-28)27-33-26(39-34-27)20-9-6-18(38-2)15-23(20)31/h4-9,13-15H,3,10-12H2,1-2H3,(H,32,35). The molecule has 208 valence electrons. The molecule has 1 aliphatic carbocycles. The van der Waals surface area contributed by atoms with E-state index >= 15 is 0 Å². The Morgan fingerprint density at radius 1 is 1.10 bits per heavy atom. The maximum atomic E-state index is 14.6. The summed E-state index contributed by atoms with van der Waals surface area (Å²) < 4.78 is 49.0. The first-order chi connectivity index (χ1) is 19.1. The molecule has 1 amide bonds. The third-order valence-corrected chi connectivity index (χ3v) is 9.19. The summed E-state index contributed by atoms with van der Waals surface area (Å²) in [6.45, 7) is 1.58. The van der Waals surface area contributed by atoms with Crippen molar-refractivity contribution in [1.29, 1.82) is 0 Å². The highest BCUT2D eigenvalue weighted by molar-refractivity contribution is 7.91. The number of halogens is 3. The van der Waals surface area contributed by atoms with Crippen molar-refractivity contribution in [3.8, 4) is 17.2 Å². The van der Waals surface area contributed by atoms with Crippen molar-refractivity contribution in [2.45, 2.75) is 36.5 Å². The molecule has 1 fully saturated rings. The van der Waals surface area contributed by atoms with Gasteiger partial charge in [-0.05, 0) is 54.8 Å². The van der Waals surface area contributed by atoms with Crippen molar-refractivity contribution in [2.24, 2.45) is 0 Å². The van der Waals surface area contributed by atoms with Gasteiger partial charge in [-0.2, -0.15) is 4.98 Å². The van der Waals surface area contributed by atoms with E-state index in [2.05, 4.69) is 15.5 Å². The lowest BCUT2D eigenvalue weighted by Crippen LogP contribution is -2.16. The first-order valence-electron chi connectivity index (χ1n) is 12.4. The fraction of sp³-hybridized carbons (Fsp3) is 0.250. The predicted molar refractivity (Wildman–Crippen MR) is 149 cm³/mol. The molecule has 0 unspecified atom stereocenters. The highest BCUT2D eigenvalue weighted by Gasteiger charge is 2.52. The molecule has 0 atom stereocenters. The van der Waals surface area contributed by atoms with Gasteiger partial charge >= 0.3 is 0 Å². The molecular formula is C28H24Cl2FN3O5S. The first kappa shape index (κ1) is 28.1. The minimum Gasteiger partial charge on any atom is -0.497 e. The van der Waals surface area contributed by atoms with Crippen LogP contribution in [-0.4, -0.2) is 37.3 Å². The Hall–Kier alpha value is -3.47. The third-order valence-electron chi connectivity index (χ3n) is 6.84. The largest absolute Gasteiger partial charge is 0.497 e. The van der Waals surface area contributed by atoms with Gasteiger partial charge in [-0.1, -0.05) is 47.4 Å². The number of hydrogen-bond acceptors (Lipinski definition) is 7. The van der Waals surface area contributed by atoms with Gasteiger partial charge in [-0.3, -0.25) is 4.79 Å². The van der Waals surface area contributed by atoms with Gasteiger partial charge in [-0.15, -0.1) is 0 Å². The Balaban J connectivity index is 1.33. The van der Waals surface area contributed by atoms with Crippen LogP contribution in [-0.2, 0) is 26.5 Å². The highest BCUT2D eigenvalue weighted by Crippen LogP contribution is 2.57. The zero-order valence-electron chi connectivity index (χ0n) is 21.5. The molecule has 5 rings (SSSR count). The van der Waals surface area contributed by atoms with Crippen LogP contribution in [0.2, 0.25) is 10.0 Å². The quantitative estimate of drug-likeness (QED) is 0.241. The average molecular weight is 604 g/mol. The van der Waals surface area contributed by atoms with E-state index in [-0.39, 0.29) is 34.4 Å². The lowest BCUT2D eigenvalue weighted by atomic mass is 9.94. The van der Waals surface area contributed by atoms with E-state index in [0.717, 1.165) is 0 Å². The summed E-state index contributed by atoms with van der Waals surface area (Å²) in [4.78, 5) is 17.3. The second kappa shape index (κ2) is 10.8. The molecule has 0 saturated heterocycles. The molecule has 1 aromatic heterocycles. The van der Waals surface area contributed by atoms with Gasteiger partial charge in [0.2, 0.25) is 5.91 Å². The molecule has 12 heteroatoms. The number of nitrogens with zero attached hydrogens (tertiary/aromatic N) is 2. The van der Waals surface area contributed by atoms with Crippen LogP contribution >= 0.6 is 23.2 Å². The van der Waals surface area contributed by atoms with E-state index in [4.69, 9.17) is 32.5 Å². The monoisotopic (exact) mass is 603 g/mol. The Labute approximate surface area is 240 Å². The van der Waals surface area contributed by atoms with Crippen molar-refractivity contribution >= 4 is 44.6 Å². The van der Waals surface area contributed by atoms with E-state index in [0.29, 0.717) is 51.3 Å². The second-order valence-electron chi connectivity index (χ2n) is 9.44. The minimum atomic E-state index is -3.32. The van der Waals surface area contributed by atoms with E-state index < -0.39 is 21.1 Å². The number of ether oxygens (including phenoxy) is 1. The Morgan fingerprint density at radius 2 is 1.77 bits per heavy atom. The summed E-state index contributed by atoms with van der Waals surface area (Å²) in [6, 6.07) is 13.7. The van der Waals surface area contributed by atoms with E-state index in [1.807, 2.05) is 0 Å². The normalized spacial score (nSPS) is 14.1. The number of hydrogen-bond donors (Lipinski definition) is 1. The van der Waals surface area contributed by atoms with Gasteiger partial charge in [0.1, 0.15) is 11.6 Å². The number of carbonyl (C=O) groups is 1. The molecule has 0 radical (unpaired) electrons. The lowest BCUT2D eigenvalue weighted by molar-refractivity contribution is -0.115. The van der Waals surface area contributed by atoms with Crippen LogP contribution in [0.5, 0.6) is 5.75 Å². The SMILES string of the molecule is CCS(=O)(=O)c1ccc(CC(=O)Nc2cc(Cl)c(C3(c4noc(-c5ccc(OC)cc5F)n4)CC3)c(Cl)c2)cc1. The predicted octanol–water partition coefficient (Wildman–Crippen LogP) is 6.25. The zero-order chi connectivity index (χ0) is 28.7. The highest BCUT2D eigenvalue weighted by atomic mass is 35.5. The van der Waals surface area contributed by atoms with Crippen LogP contribution in [0.3, 0.4) is 0 Å². The number of rotatable bonds is 9. The smallest absolute Gasteiger partial charge is 0.260 e. The fourth-order valence-electron chi connectivity index (χ4n) is 4.51. The molecule has 0 bridgehead atoms. The maximum absolute atomic E-state index is 14.6. The van der Waals surface area contributed by atoms with Crippen LogP contribution < -0.4 is 10.1 Å². The molecule has 4 aromatic rings. The number of sulfone groups is 1. The number of amides is 1. The number of anilines is 1. The van der Waals surface area contributed by atoms with Crippen LogP contribution in [0.25, 0.3) is 11.5 Å². The zero-order valence-corrected chi connectivity index (χ0v) is 23.8. The van der Waals surface area contributed by atoms with E-state index in [1.54, 1.807) is 37.3 Å². The molecule has 1 N–H and O–H groups in total. The van der Waals surface area contributed by atoms with Gasteiger partial charge in [0.05, 0.1) is 35.2 Å². The van der Waals surface area contributed by atoms with Gasteiger partial charge in [0.15, 0.2) is 15.7 Å². The fourth-order valence-corrected chi connectivity index (χ4v) is 6.24. The number of aromatic nitrogens is 2. The first-order valence-corrected chi connectivity index (χ1v) is 14.8. The van der Waals surface area contributed by atoms with Crippen molar-refractivity contribution in [1.82, 2.24) is 10.1 Å². The maximum Gasteiger partial charge on any atom is 0.260 e. The Kier molecular flexibility index (Phi) is 7.60. The summed E-state index contributed by atoms with van der Waals surface area (Å²) in [5.74, 6) is -0.148. The topological polar surface area (TPSA) is 111 Å². The molecule has 0 aliphatic heterocycles. The minimum absolute atomic E-state index is 0.000731. The molecule has 8 nitrogen and oxygen atoms in total. The Morgan fingerprint density at radius 3 is 2.35 bits per heavy atom. The van der Waals surface area contributed by atoms with Crippen LogP contribution in [0.4, 0.5) is 10.1 Å². The summed E-state index contributed by atoms with van der Waals surface area (Å²) in [5, 5.41) is 7.52. The number of benzene rings is 3. The summed E-state index contributed by atoms with van der Waals surface area (Å²) >= 11 is 13.3. The third kappa shape index (κ3) is 5.43. The summed E-state index contributed by atoms with van der Waals surface area (Å²) in [5.41, 5.74) is 1.11. The van der Waals surface area contributed by atoms with Crippen LogP contribution in [0.1, 0.15) is 36.7 Å². The van der Waals surface area contributed by atoms with Gasteiger partial charge < -0.3 is 14.6 Å². The van der Waals surface area contributed by atoms with Crippen LogP contribution in [0.15, 0.2) is 64.0 Å². The molecular weight excluding hydrogens is 580 g/mol. The molecule has 0 spiro atoms. The van der Waals surface area contributed by atoms with Gasteiger partial charge in [0, 0.05) is 27.4 Å². The van der Waals surface area contributed by atoms with E-state index in [1.165, 1.54) is 31.4 Å². The van der Waals surface area contributed by atoms with Gasteiger partial charge in [0.25, 0.3) is 5.89 Å². The van der Waals surface area contributed by atoms with Crippen molar-refractivity contribution in [3.05, 3.63) is 87.4 Å². The van der Waals surface area contributed by atoms with Crippen LogP contribution in [0, 0.1) is 5.82 Å². The molecule has 40 heavy (non-hydrogen) atoms.